The number of hydrogen-bond acceptors (Lipinski definition) is 6. The van der Waals surface area contributed by atoms with Crippen molar-refractivity contribution in [1.82, 2.24) is 20.7 Å². The van der Waals surface area contributed by atoms with Crippen molar-refractivity contribution in [2.45, 2.75) is 50.7 Å². The Bertz CT molecular complexity index is 1150. The van der Waals surface area contributed by atoms with Crippen LogP contribution in [0.2, 0.25) is 0 Å². The van der Waals surface area contributed by atoms with Gasteiger partial charge in [-0.25, -0.2) is 13.2 Å². The van der Waals surface area contributed by atoms with E-state index in [0.29, 0.717) is 12.2 Å². The molecule has 0 unspecified atom stereocenters. The van der Waals surface area contributed by atoms with Crippen molar-refractivity contribution in [2.75, 3.05) is 5.75 Å². The summed E-state index contributed by atoms with van der Waals surface area (Å²) in [5.41, 5.74) is 2.64. The minimum atomic E-state index is -3.52. The molecule has 0 aliphatic rings. The predicted octanol–water partition coefficient (Wildman–Crippen LogP) is 3.86. The monoisotopic (exact) mass is 456 g/mol. The fraction of sp³-hybridized carbons (Fsp3) is 0.348. The lowest BCUT2D eigenvalue weighted by Gasteiger charge is -2.21. The van der Waals surface area contributed by atoms with Gasteiger partial charge in [-0.3, -0.25) is 0 Å². The molecule has 0 spiro atoms. The van der Waals surface area contributed by atoms with Crippen molar-refractivity contribution in [3.8, 4) is 11.1 Å². The molecule has 3 aromatic rings. The molecule has 0 saturated carbocycles. The molecular weight excluding hydrogens is 428 g/mol. The first kappa shape index (κ1) is 23.5. The highest BCUT2D eigenvalue weighted by Crippen LogP contribution is 2.28. The summed E-state index contributed by atoms with van der Waals surface area (Å²) in [5, 5.41) is 13.1. The number of ether oxygens (including phenoxy) is 1. The summed E-state index contributed by atoms with van der Waals surface area (Å²) < 4.78 is 31.0. The maximum Gasteiger partial charge on any atom is 0.407 e. The van der Waals surface area contributed by atoms with Crippen molar-refractivity contribution in [3.63, 3.8) is 0 Å². The molecule has 0 atom stereocenters. The molecule has 8 nitrogen and oxygen atoms in total. The van der Waals surface area contributed by atoms with E-state index in [-0.39, 0.29) is 16.8 Å². The van der Waals surface area contributed by atoms with Gasteiger partial charge >= 0.3 is 6.09 Å². The van der Waals surface area contributed by atoms with Crippen molar-refractivity contribution in [3.05, 3.63) is 66.0 Å². The normalized spacial score (nSPS) is 12.0. The molecule has 9 heteroatoms. The smallest absolute Gasteiger partial charge is 0.407 e. The summed E-state index contributed by atoms with van der Waals surface area (Å²) in [4.78, 5) is 11.9. The highest BCUT2D eigenvalue weighted by atomic mass is 32.2. The average Bonchev–Trinajstić information content (AvgIpc) is 3.27. The number of aromatic amines is 1. The molecule has 0 aliphatic carbocycles. The molecule has 0 bridgehead atoms. The summed E-state index contributed by atoms with van der Waals surface area (Å²) >= 11 is 0. The first-order valence-corrected chi connectivity index (χ1v) is 11.9. The third-order valence-electron chi connectivity index (χ3n) is 4.91. The van der Waals surface area contributed by atoms with Crippen LogP contribution < -0.4 is 5.32 Å². The Balaban J connectivity index is 1.72. The van der Waals surface area contributed by atoms with E-state index in [4.69, 9.17) is 4.74 Å². The van der Waals surface area contributed by atoms with Crippen LogP contribution in [-0.2, 0) is 26.5 Å². The Morgan fingerprint density at radius 2 is 1.84 bits per heavy atom. The summed E-state index contributed by atoms with van der Waals surface area (Å²) in [5.74, 6) is -0.0838. The number of rotatable bonds is 8. The van der Waals surface area contributed by atoms with Crippen LogP contribution in [0.4, 0.5) is 4.79 Å². The number of carbonyl (C=O) groups excluding carboxylic acids is 1. The number of nitrogens with one attached hydrogen (secondary N) is 2. The first-order chi connectivity index (χ1) is 15.1. The number of carbonyl (C=O) groups is 1. The first-order valence-electron chi connectivity index (χ1n) is 10.3. The van der Waals surface area contributed by atoms with Gasteiger partial charge in [-0.15, -0.1) is 0 Å². The van der Waals surface area contributed by atoms with E-state index in [1.165, 1.54) is 0 Å². The second-order valence-corrected chi connectivity index (χ2v) is 10.5. The molecule has 2 N–H and O–H groups in total. The number of benzene rings is 2. The van der Waals surface area contributed by atoms with E-state index >= 15 is 0 Å². The van der Waals surface area contributed by atoms with E-state index in [0.717, 1.165) is 16.7 Å². The molecular formula is C23H28N4O4S. The standard InChI is InChI=1S/C23H28N4O4S/c1-16(2)31-22(28)24-13-17-6-5-7-19(12-17)18-8-10-20(11-9-18)32(29,30)15-23(3,4)21-14-25-27-26-21/h5-12,14,16H,13,15H2,1-4H3,(H,24,28)(H,25,26,27). The zero-order chi connectivity index (χ0) is 23.4. The van der Waals surface area contributed by atoms with Gasteiger partial charge in [0.15, 0.2) is 9.84 Å². The van der Waals surface area contributed by atoms with Gasteiger partial charge < -0.3 is 10.1 Å². The van der Waals surface area contributed by atoms with Crippen LogP contribution in [-0.4, -0.2) is 41.8 Å². The van der Waals surface area contributed by atoms with Crippen molar-refractivity contribution >= 4 is 15.9 Å². The summed E-state index contributed by atoms with van der Waals surface area (Å²) in [6, 6.07) is 14.5. The molecule has 3 rings (SSSR count). The van der Waals surface area contributed by atoms with E-state index in [2.05, 4.69) is 20.7 Å². The predicted molar refractivity (Wildman–Crippen MR) is 122 cm³/mol. The molecule has 2 aromatic carbocycles. The van der Waals surface area contributed by atoms with Crippen LogP contribution >= 0.6 is 0 Å². The molecule has 170 valence electrons. The fourth-order valence-corrected chi connectivity index (χ4v) is 5.12. The van der Waals surface area contributed by atoms with E-state index < -0.39 is 21.3 Å². The second kappa shape index (κ2) is 9.52. The summed E-state index contributed by atoms with van der Waals surface area (Å²) in [6.45, 7) is 7.57. The number of sulfone groups is 1. The van der Waals surface area contributed by atoms with Crippen molar-refractivity contribution in [1.29, 1.82) is 0 Å². The minimum Gasteiger partial charge on any atom is -0.447 e. The molecule has 0 aliphatic heterocycles. The van der Waals surface area contributed by atoms with Crippen molar-refractivity contribution in [2.24, 2.45) is 0 Å². The lowest BCUT2D eigenvalue weighted by atomic mass is 9.93. The number of amides is 1. The highest BCUT2D eigenvalue weighted by Gasteiger charge is 2.31. The van der Waals surface area contributed by atoms with Crippen LogP contribution in [0.3, 0.4) is 0 Å². The van der Waals surface area contributed by atoms with Gasteiger partial charge in [-0.1, -0.05) is 44.2 Å². The van der Waals surface area contributed by atoms with E-state index in [9.17, 15) is 13.2 Å². The fourth-order valence-electron chi connectivity index (χ4n) is 3.31. The van der Waals surface area contributed by atoms with Gasteiger partial charge in [-0.2, -0.15) is 15.4 Å². The number of nitrogens with zero attached hydrogens (tertiary/aromatic N) is 2. The molecule has 1 aromatic heterocycles. The van der Waals surface area contributed by atoms with Crippen LogP contribution in [0.25, 0.3) is 11.1 Å². The maximum atomic E-state index is 13.0. The zero-order valence-corrected chi connectivity index (χ0v) is 19.4. The Hall–Kier alpha value is -3.20. The van der Waals surface area contributed by atoms with E-state index in [1.54, 1.807) is 44.3 Å². The number of H-pyrrole nitrogens is 1. The van der Waals surface area contributed by atoms with Gasteiger partial charge in [-0.05, 0) is 48.7 Å². The molecule has 0 fully saturated rings. The van der Waals surface area contributed by atoms with Gasteiger partial charge in [0, 0.05) is 12.0 Å². The van der Waals surface area contributed by atoms with Crippen LogP contribution in [0.1, 0.15) is 39.0 Å². The number of alkyl carbamates (subject to hydrolysis) is 1. The van der Waals surface area contributed by atoms with Gasteiger partial charge in [0.25, 0.3) is 0 Å². The average molecular weight is 457 g/mol. The molecule has 1 amide bonds. The van der Waals surface area contributed by atoms with Crippen LogP contribution in [0.15, 0.2) is 59.6 Å². The third kappa shape index (κ3) is 5.94. The Labute approximate surface area is 188 Å². The lowest BCUT2D eigenvalue weighted by molar-refractivity contribution is 0.115. The third-order valence-corrected chi connectivity index (χ3v) is 7.00. The Kier molecular flexibility index (Phi) is 6.98. The largest absolute Gasteiger partial charge is 0.447 e. The minimum absolute atomic E-state index is 0.0838. The summed E-state index contributed by atoms with van der Waals surface area (Å²) in [7, 11) is -3.52. The van der Waals surface area contributed by atoms with Gasteiger partial charge in [0.1, 0.15) is 0 Å². The zero-order valence-electron chi connectivity index (χ0n) is 18.6. The van der Waals surface area contributed by atoms with E-state index in [1.807, 2.05) is 38.1 Å². The SMILES string of the molecule is CC(C)OC(=O)NCc1cccc(-c2ccc(S(=O)(=O)CC(C)(C)c3cn[nH]n3)cc2)c1. The van der Waals surface area contributed by atoms with Crippen molar-refractivity contribution < 1.29 is 17.9 Å². The Morgan fingerprint density at radius 1 is 1.12 bits per heavy atom. The molecule has 0 saturated heterocycles. The maximum absolute atomic E-state index is 13.0. The quantitative estimate of drug-likeness (QED) is 0.532. The van der Waals surface area contributed by atoms with Crippen LogP contribution in [0.5, 0.6) is 0 Å². The highest BCUT2D eigenvalue weighted by molar-refractivity contribution is 7.91. The molecule has 1 heterocycles. The lowest BCUT2D eigenvalue weighted by Crippen LogP contribution is -2.28. The van der Waals surface area contributed by atoms with Gasteiger partial charge in [0.2, 0.25) is 0 Å². The van der Waals surface area contributed by atoms with Crippen LogP contribution in [0, 0.1) is 0 Å². The Morgan fingerprint density at radius 3 is 2.47 bits per heavy atom. The number of aromatic nitrogens is 3. The number of hydrogen-bond donors (Lipinski definition) is 2. The molecule has 32 heavy (non-hydrogen) atoms. The topological polar surface area (TPSA) is 114 Å². The summed E-state index contributed by atoms with van der Waals surface area (Å²) in [6.07, 6.45) is 0.898. The second-order valence-electron chi connectivity index (χ2n) is 8.53. The van der Waals surface area contributed by atoms with Gasteiger partial charge in [0.05, 0.1) is 28.6 Å². The molecule has 0 radical (unpaired) electrons.